The summed E-state index contributed by atoms with van der Waals surface area (Å²) in [5, 5.41) is 4.76. The second kappa shape index (κ2) is 9.67. The number of nitrogens with zero attached hydrogens (tertiary/aromatic N) is 1. The van der Waals surface area contributed by atoms with Crippen LogP contribution >= 0.6 is 23.2 Å². The summed E-state index contributed by atoms with van der Waals surface area (Å²) < 4.78 is 4.92. The maximum atomic E-state index is 12.8. The number of ether oxygens (including phenoxy) is 1. The van der Waals surface area contributed by atoms with Gasteiger partial charge in [0.2, 0.25) is 5.91 Å². The topological polar surface area (TPSA) is 94.3 Å². The van der Waals surface area contributed by atoms with Gasteiger partial charge >= 0.3 is 5.97 Å². The number of nitrogens with one attached hydrogen (secondary N) is 1. The molecule has 3 aromatic rings. The summed E-state index contributed by atoms with van der Waals surface area (Å²) in [5.74, 6) is -0.814. The molecule has 1 aromatic heterocycles. The van der Waals surface area contributed by atoms with Crippen LogP contribution in [0.25, 0.3) is 22.2 Å². The number of benzene rings is 2. The zero-order valence-corrected chi connectivity index (χ0v) is 19.7. The Hall–Kier alpha value is -2.67. The summed E-state index contributed by atoms with van der Waals surface area (Å²) in [6, 6.07) is 14.0. The van der Waals surface area contributed by atoms with E-state index in [9.17, 15) is 9.59 Å². The number of halogens is 2. The van der Waals surface area contributed by atoms with Crippen molar-refractivity contribution in [3.05, 3.63) is 64.1 Å². The highest BCUT2D eigenvalue weighted by Gasteiger charge is 2.39. The van der Waals surface area contributed by atoms with E-state index in [4.69, 9.17) is 38.7 Å². The van der Waals surface area contributed by atoms with E-state index in [-0.39, 0.29) is 12.3 Å². The molecule has 3 N–H and O–H groups in total. The summed E-state index contributed by atoms with van der Waals surface area (Å²) >= 11 is 12.7. The Balaban J connectivity index is 1.58. The second-order valence-electron chi connectivity index (χ2n) is 8.44. The normalized spacial score (nSPS) is 15.9. The minimum atomic E-state index is -0.921. The minimum absolute atomic E-state index is 0.280. The molecule has 0 bridgehead atoms. The summed E-state index contributed by atoms with van der Waals surface area (Å²) in [4.78, 5) is 29.8. The summed E-state index contributed by atoms with van der Waals surface area (Å²) in [6.45, 7) is 0. The third-order valence-electron chi connectivity index (χ3n) is 6.15. The van der Waals surface area contributed by atoms with Crippen LogP contribution < -0.4 is 11.1 Å². The number of aromatic nitrogens is 1. The Morgan fingerprint density at radius 3 is 2.48 bits per heavy atom. The lowest BCUT2D eigenvalue weighted by Gasteiger charge is -2.25. The highest BCUT2D eigenvalue weighted by atomic mass is 35.5. The number of methoxy groups -OCH3 is 1. The van der Waals surface area contributed by atoms with Crippen LogP contribution in [0.2, 0.25) is 10.0 Å². The van der Waals surface area contributed by atoms with Crippen molar-refractivity contribution in [2.75, 3.05) is 7.11 Å². The first-order chi connectivity index (χ1) is 15.8. The van der Waals surface area contributed by atoms with Gasteiger partial charge in [-0.1, -0.05) is 54.2 Å². The molecule has 0 spiro atoms. The lowest BCUT2D eigenvalue weighted by atomic mass is 9.96. The second-order valence-corrected chi connectivity index (χ2v) is 9.25. The fourth-order valence-electron chi connectivity index (χ4n) is 4.29. The van der Waals surface area contributed by atoms with E-state index in [1.54, 1.807) is 18.2 Å². The highest BCUT2D eigenvalue weighted by molar-refractivity contribution is 6.39. The highest BCUT2D eigenvalue weighted by Crippen LogP contribution is 2.34. The van der Waals surface area contributed by atoms with Gasteiger partial charge in [0.15, 0.2) is 0 Å². The van der Waals surface area contributed by atoms with Gasteiger partial charge in [0.1, 0.15) is 6.04 Å². The van der Waals surface area contributed by atoms with Crippen LogP contribution in [0, 0.1) is 0 Å². The van der Waals surface area contributed by atoms with Crippen LogP contribution in [-0.2, 0) is 20.7 Å². The predicted octanol–water partition coefficient (Wildman–Crippen LogP) is 4.68. The van der Waals surface area contributed by atoms with E-state index in [0.717, 1.165) is 29.3 Å². The lowest BCUT2D eigenvalue weighted by Crippen LogP contribution is -2.56. The fraction of sp³-hybridized carbons (Fsp3) is 0.320. The molecule has 1 fully saturated rings. The molecule has 1 aliphatic carbocycles. The Bertz CT molecular complexity index is 1190. The van der Waals surface area contributed by atoms with Crippen LogP contribution in [0.5, 0.6) is 0 Å². The number of nitrogens with two attached hydrogens (primary N) is 1. The molecular formula is C25H25Cl2N3O3. The molecule has 33 heavy (non-hydrogen) atoms. The zero-order chi connectivity index (χ0) is 23.6. The average molecular weight is 486 g/mol. The van der Waals surface area contributed by atoms with Crippen molar-refractivity contribution in [3.8, 4) is 11.3 Å². The van der Waals surface area contributed by atoms with Crippen molar-refractivity contribution in [2.24, 2.45) is 5.73 Å². The SMILES string of the molecule is COC(=O)C(Cc1ccc2nc(-c3c(Cl)cccc3Cl)ccc2c1)NC(=O)C1(N)CCCC1. The molecule has 0 radical (unpaired) electrons. The molecular weight excluding hydrogens is 461 g/mol. The number of rotatable bonds is 6. The number of amides is 1. The van der Waals surface area contributed by atoms with Crippen molar-refractivity contribution in [3.63, 3.8) is 0 Å². The van der Waals surface area contributed by atoms with E-state index in [1.807, 2.05) is 30.3 Å². The van der Waals surface area contributed by atoms with Crippen LogP contribution in [0.4, 0.5) is 0 Å². The van der Waals surface area contributed by atoms with Crippen LogP contribution in [-0.4, -0.2) is 35.6 Å². The molecule has 172 valence electrons. The largest absolute Gasteiger partial charge is 0.467 e. The quantitative estimate of drug-likeness (QED) is 0.494. The number of hydrogen-bond acceptors (Lipinski definition) is 5. The smallest absolute Gasteiger partial charge is 0.328 e. The summed E-state index contributed by atoms with van der Waals surface area (Å²) in [5.41, 5.74) is 8.32. The van der Waals surface area contributed by atoms with E-state index < -0.39 is 17.6 Å². The van der Waals surface area contributed by atoms with Crippen molar-refractivity contribution >= 4 is 46.0 Å². The molecule has 4 rings (SSSR count). The van der Waals surface area contributed by atoms with Crippen LogP contribution in [0.3, 0.4) is 0 Å². The number of hydrogen-bond donors (Lipinski definition) is 2. The van der Waals surface area contributed by atoms with Gasteiger partial charge in [-0.05, 0) is 48.7 Å². The van der Waals surface area contributed by atoms with E-state index in [1.165, 1.54) is 7.11 Å². The first-order valence-corrected chi connectivity index (χ1v) is 11.6. The van der Waals surface area contributed by atoms with E-state index >= 15 is 0 Å². The monoisotopic (exact) mass is 485 g/mol. The molecule has 1 unspecified atom stereocenters. The fourth-order valence-corrected chi connectivity index (χ4v) is 4.88. The first-order valence-electron chi connectivity index (χ1n) is 10.8. The minimum Gasteiger partial charge on any atom is -0.467 e. The molecule has 1 heterocycles. The predicted molar refractivity (Wildman–Crippen MR) is 130 cm³/mol. The summed E-state index contributed by atoms with van der Waals surface area (Å²) in [6.07, 6.45) is 3.33. The maximum Gasteiger partial charge on any atom is 0.328 e. The van der Waals surface area contributed by atoms with Gasteiger partial charge in [-0.25, -0.2) is 9.78 Å². The number of carbonyl (C=O) groups excluding carboxylic acids is 2. The number of carbonyl (C=O) groups is 2. The Morgan fingerprint density at radius 1 is 1.12 bits per heavy atom. The molecule has 1 atom stereocenters. The number of esters is 1. The van der Waals surface area contributed by atoms with Crippen molar-refractivity contribution in [1.82, 2.24) is 10.3 Å². The third-order valence-corrected chi connectivity index (χ3v) is 6.78. The molecule has 6 nitrogen and oxygen atoms in total. The third kappa shape index (κ3) is 4.98. The van der Waals surface area contributed by atoms with Gasteiger partial charge in [0.05, 0.1) is 33.9 Å². The van der Waals surface area contributed by atoms with Gasteiger partial charge in [-0.2, -0.15) is 0 Å². The van der Waals surface area contributed by atoms with Gasteiger partial charge in [0.25, 0.3) is 0 Å². The molecule has 0 aliphatic heterocycles. The van der Waals surface area contributed by atoms with Crippen molar-refractivity contribution in [2.45, 2.75) is 43.7 Å². The van der Waals surface area contributed by atoms with E-state index in [2.05, 4.69) is 5.32 Å². The Morgan fingerprint density at radius 2 is 1.82 bits per heavy atom. The number of pyridine rings is 1. The zero-order valence-electron chi connectivity index (χ0n) is 18.2. The average Bonchev–Trinajstić information content (AvgIpc) is 3.25. The Labute approximate surface area is 202 Å². The number of fused-ring (bicyclic) bond motifs is 1. The molecule has 1 aliphatic rings. The molecule has 1 amide bonds. The van der Waals surface area contributed by atoms with Crippen LogP contribution in [0.1, 0.15) is 31.2 Å². The van der Waals surface area contributed by atoms with Crippen molar-refractivity contribution < 1.29 is 14.3 Å². The van der Waals surface area contributed by atoms with Gasteiger partial charge in [0, 0.05) is 17.4 Å². The standard InChI is InChI=1S/C25H25Cl2N3O3/c1-33-23(31)21(30-24(32)25(28)11-2-3-12-25)14-15-7-9-19-16(13-15)8-10-20(29-19)22-17(26)5-4-6-18(22)27/h4-10,13,21H,2-3,11-12,14,28H2,1H3,(H,30,32). The molecule has 0 saturated heterocycles. The maximum absolute atomic E-state index is 12.8. The van der Waals surface area contributed by atoms with E-state index in [0.29, 0.717) is 34.1 Å². The first kappa shape index (κ1) is 23.5. The van der Waals surface area contributed by atoms with Gasteiger partial charge < -0.3 is 15.8 Å². The van der Waals surface area contributed by atoms with Crippen molar-refractivity contribution in [1.29, 1.82) is 0 Å². The lowest BCUT2D eigenvalue weighted by molar-refractivity contribution is -0.145. The molecule has 2 aromatic carbocycles. The van der Waals surface area contributed by atoms with Gasteiger partial charge in [-0.3, -0.25) is 4.79 Å². The Kier molecular flexibility index (Phi) is 6.88. The molecule has 8 heteroatoms. The molecule has 1 saturated carbocycles. The van der Waals surface area contributed by atoms with Gasteiger partial charge in [-0.15, -0.1) is 0 Å². The van der Waals surface area contributed by atoms with Crippen LogP contribution in [0.15, 0.2) is 48.5 Å². The summed E-state index contributed by atoms with van der Waals surface area (Å²) in [7, 11) is 1.31.